The molecule has 4 rings (SSSR count). The average molecular weight is 400 g/mol. The Balaban J connectivity index is 1.68. The van der Waals surface area contributed by atoms with Gasteiger partial charge in [0.1, 0.15) is 12.4 Å². The van der Waals surface area contributed by atoms with Gasteiger partial charge in [0, 0.05) is 24.4 Å². The van der Waals surface area contributed by atoms with Gasteiger partial charge in [0.25, 0.3) is 0 Å². The van der Waals surface area contributed by atoms with Crippen LogP contribution in [0.25, 0.3) is 22.0 Å². The fourth-order valence-electron chi connectivity index (χ4n) is 3.51. The van der Waals surface area contributed by atoms with E-state index in [0.717, 1.165) is 38.9 Å². The van der Waals surface area contributed by atoms with Crippen LogP contribution < -0.4 is 4.74 Å². The number of benzene rings is 3. The number of hydrogen-bond acceptors (Lipinski definition) is 3. The lowest BCUT2D eigenvalue weighted by molar-refractivity contribution is -0.136. The van der Waals surface area contributed by atoms with Gasteiger partial charge < -0.3 is 9.84 Å². The largest absolute Gasteiger partial charge is 0.488 e. The summed E-state index contributed by atoms with van der Waals surface area (Å²) < 4.78 is 8.02. The molecule has 0 fully saturated rings. The van der Waals surface area contributed by atoms with Crippen molar-refractivity contribution < 1.29 is 14.6 Å². The molecule has 0 saturated heterocycles. The Morgan fingerprint density at radius 1 is 1.03 bits per heavy atom. The molecule has 5 nitrogen and oxygen atoms in total. The molecule has 0 spiro atoms. The van der Waals surface area contributed by atoms with Gasteiger partial charge in [-0.1, -0.05) is 42.0 Å². The van der Waals surface area contributed by atoms with Gasteiger partial charge in [-0.2, -0.15) is 5.10 Å². The zero-order valence-corrected chi connectivity index (χ0v) is 17.1. The zero-order chi connectivity index (χ0) is 21.1. The van der Waals surface area contributed by atoms with Crippen molar-refractivity contribution in [1.29, 1.82) is 0 Å². The van der Waals surface area contributed by atoms with Crippen molar-refractivity contribution in [2.24, 2.45) is 7.05 Å². The van der Waals surface area contributed by atoms with E-state index in [1.54, 1.807) is 0 Å². The van der Waals surface area contributed by atoms with E-state index in [1.165, 1.54) is 5.56 Å². The van der Waals surface area contributed by atoms with Gasteiger partial charge >= 0.3 is 5.97 Å². The Morgan fingerprint density at radius 3 is 2.57 bits per heavy atom. The molecule has 0 saturated carbocycles. The molecule has 1 N–H and O–H groups in total. The Morgan fingerprint density at radius 2 is 1.80 bits per heavy atom. The first kappa shape index (κ1) is 19.7. The molecular formula is C25H24N2O3. The predicted octanol–water partition coefficient (Wildman–Crippen LogP) is 5.14. The summed E-state index contributed by atoms with van der Waals surface area (Å²) in [5.41, 5.74) is 6.32. The first-order chi connectivity index (χ1) is 14.5. The Kier molecular flexibility index (Phi) is 5.53. The number of fused-ring (bicyclic) bond motifs is 1. The van der Waals surface area contributed by atoms with Gasteiger partial charge in [0.05, 0.1) is 11.7 Å². The fraction of sp³-hybridized carbons (Fsp3) is 0.200. The van der Waals surface area contributed by atoms with E-state index in [1.807, 2.05) is 42.2 Å². The van der Waals surface area contributed by atoms with Crippen molar-refractivity contribution >= 4 is 16.9 Å². The minimum atomic E-state index is -0.798. The van der Waals surface area contributed by atoms with Crippen LogP contribution in [0.2, 0.25) is 0 Å². The summed E-state index contributed by atoms with van der Waals surface area (Å²) in [7, 11) is 1.92. The lowest BCUT2D eigenvalue weighted by Gasteiger charge is -2.14. The number of hydrogen-bond donors (Lipinski definition) is 1. The molecule has 0 unspecified atom stereocenters. The van der Waals surface area contributed by atoms with Crippen LogP contribution in [0.15, 0.2) is 66.9 Å². The molecule has 3 aromatic carbocycles. The molecule has 152 valence electrons. The van der Waals surface area contributed by atoms with Gasteiger partial charge in [-0.15, -0.1) is 0 Å². The Bertz CT molecular complexity index is 1190. The number of carboxylic acids is 1. The van der Waals surface area contributed by atoms with Crippen molar-refractivity contribution in [1.82, 2.24) is 9.78 Å². The van der Waals surface area contributed by atoms with E-state index in [0.29, 0.717) is 13.0 Å². The Labute approximate surface area is 175 Å². The summed E-state index contributed by atoms with van der Waals surface area (Å²) in [6.45, 7) is 2.53. The molecule has 4 aromatic rings. The van der Waals surface area contributed by atoms with E-state index in [4.69, 9.17) is 9.84 Å². The highest BCUT2D eigenvalue weighted by Crippen LogP contribution is 2.34. The minimum Gasteiger partial charge on any atom is -0.488 e. The molecular weight excluding hydrogens is 376 g/mol. The van der Waals surface area contributed by atoms with Crippen LogP contribution in [0.5, 0.6) is 5.75 Å². The normalized spacial score (nSPS) is 11.0. The molecule has 0 aliphatic heterocycles. The van der Waals surface area contributed by atoms with Gasteiger partial charge in [-0.25, -0.2) is 0 Å². The number of rotatable bonds is 7. The van der Waals surface area contributed by atoms with Crippen LogP contribution >= 0.6 is 0 Å². The third-order valence-corrected chi connectivity index (χ3v) is 5.24. The van der Waals surface area contributed by atoms with Gasteiger partial charge in [-0.05, 0) is 54.3 Å². The zero-order valence-electron chi connectivity index (χ0n) is 17.1. The maximum Gasteiger partial charge on any atom is 0.303 e. The topological polar surface area (TPSA) is 64.3 Å². The molecule has 0 radical (unpaired) electrons. The van der Waals surface area contributed by atoms with Crippen LogP contribution in [-0.4, -0.2) is 20.9 Å². The van der Waals surface area contributed by atoms with Gasteiger partial charge in [0.15, 0.2) is 0 Å². The second kappa shape index (κ2) is 8.41. The van der Waals surface area contributed by atoms with Crippen LogP contribution in [0.4, 0.5) is 0 Å². The number of aryl methyl sites for hydroxylation is 3. The van der Waals surface area contributed by atoms with E-state index in [2.05, 4.69) is 48.4 Å². The summed E-state index contributed by atoms with van der Waals surface area (Å²) in [5, 5.41) is 14.4. The monoisotopic (exact) mass is 400 g/mol. The summed E-state index contributed by atoms with van der Waals surface area (Å²) in [6, 6.07) is 20.4. The standard InChI is InChI=1S/C25H24N2O3/c1-17-3-5-19(6-4-17)16-30-24-11-7-18(8-12-25(28)29)13-22(24)20-9-10-23-21(14-20)15-26-27(23)2/h3-7,9-11,13-15H,8,12,16H2,1-2H3,(H,28,29). The second-order valence-corrected chi connectivity index (χ2v) is 7.54. The van der Waals surface area contributed by atoms with E-state index >= 15 is 0 Å². The third kappa shape index (κ3) is 4.35. The smallest absolute Gasteiger partial charge is 0.303 e. The third-order valence-electron chi connectivity index (χ3n) is 5.24. The Hall–Kier alpha value is -3.60. The SMILES string of the molecule is Cc1ccc(COc2ccc(CCC(=O)O)cc2-c2ccc3c(cnn3C)c2)cc1. The lowest BCUT2D eigenvalue weighted by Crippen LogP contribution is -2.00. The van der Waals surface area contributed by atoms with E-state index < -0.39 is 5.97 Å². The van der Waals surface area contributed by atoms with Crippen LogP contribution in [0, 0.1) is 6.92 Å². The molecule has 0 aliphatic rings. The highest BCUT2D eigenvalue weighted by Gasteiger charge is 2.11. The molecule has 1 heterocycles. The maximum atomic E-state index is 11.0. The minimum absolute atomic E-state index is 0.102. The molecule has 0 bridgehead atoms. The van der Waals surface area contributed by atoms with Crippen molar-refractivity contribution in [3.8, 4) is 16.9 Å². The van der Waals surface area contributed by atoms with Crippen molar-refractivity contribution in [3.05, 3.63) is 83.6 Å². The number of ether oxygens (including phenoxy) is 1. The average Bonchev–Trinajstić information content (AvgIpc) is 3.12. The number of carboxylic acid groups (broad SMARTS) is 1. The van der Waals surface area contributed by atoms with Crippen molar-refractivity contribution in [3.63, 3.8) is 0 Å². The highest BCUT2D eigenvalue weighted by molar-refractivity contribution is 5.86. The fourth-order valence-corrected chi connectivity index (χ4v) is 3.51. The second-order valence-electron chi connectivity index (χ2n) is 7.54. The summed E-state index contributed by atoms with van der Waals surface area (Å²) >= 11 is 0. The summed E-state index contributed by atoms with van der Waals surface area (Å²) in [5.74, 6) is -0.0223. The van der Waals surface area contributed by atoms with Crippen LogP contribution in [0.1, 0.15) is 23.1 Å². The van der Waals surface area contributed by atoms with Crippen LogP contribution in [0.3, 0.4) is 0 Å². The number of carbonyl (C=O) groups is 1. The number of aromatic nitrogens is 2. The predicted molar refractivity (Wildman–Crippen MR) is 118 cm³/mol. The van der Waals surface area contributed by atoms with Crippen molar-refractivity contribution in [2.45, 2.75) is 26.4 Å². The maximum absolute atomic E-state index is 11.0. The van der Waals surface area contributed by atoms with Crippen LogP contribution in [-0.2, 0) is 24.9 Å². The molecule has 0 atom stereocenters. The summed E-state index contributed by atoms with van der Waals surface area (Å²) in [6.07, 6.45) is 2.43. The molecule has 0 amide bonds. The van der Waals surface area contributed by atoms with E-state index in [-0.39, 0.29) is 6.42 Å². The number of nitrogens with zero attached hydrogens (tertiary/aromatic N) is 2. The van der Waals surface area contributed by atoms with Gasteiger partial charge in [-0.3, -0.25) is 9.48 Å². The lowest BCUT2D eigenvalue weighted by atomic mass is 9.99. The quantitative estimate of drug-likeness (QED) is 0.466. The first-order valence-electron chi connectivity index (χ1n) is 9.95. The molecule has 5 heteroatoms. The van der Waals surface area contributed by atoms with E-state index in [9.17, 15) is 4.79 Å². The molecule has 30 heavy (non-hydrogen) atoms. The van der Waals surface area contributed by atoms with Gasteiger partial charge in [0.2, 0.25) is 0 Å². The van der Waals surface area contributed by atoms with Crippen molar-refractivity contribution in [2.75, 3.05) is 0 Å². The molecule has 0 aliphatic carbocycles. The summed E-state index contributed by atoms with van der Waals surface area (Å²) in [4.78, 5) is 11.0. The number of aliphatic carboxylic acids is 1. The molecule has 1 aromatic heterocycles. The highest BCUT2D eigenvalue weighted by atomic mass is 16.5. The first-order valence-corrected chi connectivity index (χ1v) is 9.95.